The fraction of sp³-hybridized carbons (Fsp3) is 0.276. The third-order valence-corrected chi connectivity index (χ3v) is 9.28. The third kappa shape index (κ3) is 5.68. The van der Waals surface area contributed by atoms with Crippen molar-refractivity contribution in [3.8, 4) is 11.8 Å². The fourth-order valence-corrected chi connectivity index (χ4v) is 7.09. The fourth-order valence-electron chi connectivity index (χ4n) is 5.16. The molecule has 2 aromatic carbocycles. The van der Waals surface area contributed by atoms with Crippen LogP contribution < -0.4 is 20.7 Å². The van der Waals surface area contributed by atoms with Crippen molar-refractivity contribution in [3.63, 3.8) is 0 Å². The molecule has 1 unspecified atom stereocenters. The first-order chi connectivity index (χ1) is 19.6. The first-order valence-electron chi connectivity index (χ1n) is 12.7. The van der Waals surface area contributed by atoms with Gasteiger partial charge in [-0.3, -0.25) is 14.5 Å². The number of nitrogens with two attached hydrogens (primary N) is 1. The van der Waals surface area contributed by atoms with Gasteiger partial charge in [-0.2, -0.15) is 5.26 Å². The largest absolute Gasteiger partial charge is 0.495 e. The maximum Gasteiger partial charge on any atom is 0.234 e. The van der Waals surface area contributed by atoms with Crippen LogP contribution in [0.4, 0.5) is 10.8 Å². The van der Waals surface area contributed by atoms with E-state index in [2.05, 4.69) is 21.6 Å². The number of nitrogens with one attached hydrogen (secondary N) is 1. The second-order valence-corrected chi connectivity index (χ2v) is 13.0. The third-order valence-electron chi connectivity index (χ3n) is 6.89. The van der Waals surface area contributed by atoms with Gasteiger partial charge in [0.05, 0.1) is 36.1 Å². The molecule has 1 aromatic heterocycles. The van der Waals surface area contributed by atoms with Crippen LogP contribution in [0.15, 0.2) is 75.5 Å². The van der Waals surface area contributed by atoms with Crippen molar-refractivity contribution in [1.82, 2.24) is 10.2 Å². The number of amides is 1. The Morgan fingerprint density at radius 2 is 1.98 bits per heavy atom. The predicted octanol–water partition coefficient (Wildman–Crippen LogP) is 5.87. The van der Waals surface area contributed by atoms with Gasteiger partial charge in [-0.15, -0.1) is 10.2 Å². The SMILES string of the molecule is COc1ccccc1NC(=O)CSc1nnc(N2C(N)=C(C#N)C(c3ccccc3Cl)C3=C2CC(C)(C)CC3=O)s1. The summed E-state index contributed by atoms with van der Waals surface area (Å²) < 4.78 is 5.83. The number of nitriles is 1. The van der Waals surface area contributed by atoms with Gasteiger partial charge in [0, 0.05) is 22.7 Å². The van der Waals surface area contributed by atoms with Crippen molar-refractivity contribution in [2.75, 3.05) is 23.1 Å². The molecule has 3 N–H and O–H groups in total. The molecule has 2 aliphatic rings. The summed E-state index contributed by atoms with van der Waals surface area (Å²) in [6.07, 6.45) is 0.871. The second kappa shape index (κ2) is 11.6. The van der Waals surface area contributed by atoms with E-state index in [-0.39, 0.29) is 34.3 Å². The van der Waals surface area contributed by atoms with E-state index < -0.39 is 5.92 Å². The number of aromatic nitrogens is 2. The van der Waals surface area contributed by atoms with Crippen molar-refractivity contribution in [3.05, 3.63) is 81.8 Å². The zero-order chi connectivity index (χ0) is 29.3. The summed E-state index contributed by atoms with van der Waals surface area (Å²) in [5, 5.41) is 22.6. The van der Waals surface area contributed by atoms with E-state index in [0.717, 1.165) is 0 Å². The van der Waals surface area contributed by atoms with Crippen LogP contribution in [0, 0.1) is 16.7 Å². The highest BCUT2D eigenvalue weighted by Gasteiger charge is 2.45. The number of para-hydroxylation sites is 2. The molecule has 1 aliphatic heterocycles. The minimum Gasteiger partial charge on any atom is -0.495 e. The molecule has 1 aliphatic carbocycles. The molecule has 1 atom stereocenters. The maximum absolute atomic E-state index is 13.7. The summed E-state index contributed by atoms with van der Waals surface area (Å²) >= 11 is 9.03. The number of Topliss-reactive ketones (excluding diaryl/α,β-unsaturated/α-hetero) is 1. The Morgan fingerprint density at radius 1 is 1.24 bits per heavy atom. The van der Waals surface area contributed by atoms with E-state index in [4.69, 9.17) is 22.1 Å². The van der Waals surface area contributed by atoms with Crippen LogP contribution in [0.5, 0.6) is 5.75 Å². The van der Waals surface area contributed by atoms with Crippen LogP contribution in [0.2, 0.25) is 5.02 Å². The summed E-state index contributed by atoms with van der Waals surface area (Å²) in [6, 6.07) is 16.6. The van der Waals surface area contributed by atoms with E-state index in [0.29, 0.717) is 55.6 Å². The summed E-state index contributed by atoms with van der Waals surface area (Å²) in [4.78, 5) is 28.0. The lowest BCUT2D eigenvalue weighted by Crippen LogP contribution is -2.42. The predicted molar refractivity (Wildman–Crippen MR) is 161 cm³/mol. The van der Waals surface area contributed by atoms with Gasteiger partial charge in [0.2, 0.25) is 11.0 Å². The van der Waals surface area contributed by atoms with E-state index in [9.17, 15) is 14.9 Å². The lowest BCUT2D eigenvalue weighted by molar-refractivity contribution is -0.118. The quantitative estimate of drug-likeness (QED) is 0.316. The molecule has 2 heterocycles. The Bertz CT molecular complexity index is 1640. The smallest absolute Gasteiger partial charge is 0.234 e. The van der Waals surface area contributed by atoms with Gasteiger partial charge < -0.3 is 15.8 Å². The summed E-state index contributed by atoms with van der Waals surface area (Å²) in [7, 11) is 1.54. The van der Waals surface area contributed by atoms with Gasteiger partial charge in [0.15, 0.2) is 10.1 Å². The molecule has 210 valence electrons. The second-order valence-electron chi connectivity index (χ2n) is 10.4. The highest BCUT2D eigenvalue weighted by atomic mass is 35.5. The minimum absolute atomic E-state index is 0.0569. The normalized spacial score (nSPS) is 18.2. The number of ketones is 1. The molecule has 9 nitrogen and oxygen atoms in total. The Hall–Kier alpha value is -3.85. The number of hydrogen-bond acceptors (Lipinski definition) is 10. The molecule has 0 radical (unpaired) electrons. The lowest BCUT2D eigenvalue weighted by atomic mass is 9.68. The van der Waals surface area contributed by atoms with Crippen LogP contribution in [0.1, 0.15) is 38.2 Å². The average Bonchev–Trinajstić information content (AvgIpc) is 3.40. The number of halogens is 1. The number of thioether (sulfide) groups is 1. The van der Waals surface area contributed by atoms with Crippen molar-refractivity contribution in [1.29, 1.82) is 5.26 Å². The number of allylic oxidation sites excluding steroid dienone is 3. The Morgan fingerprint density at radius 3 is 2.71 bits per heavy atom. The number of carbonyl (C=O) groups is 2. The van der Waals surface area contributed by atoms with Crippen LogP contribution >= 0.6 is 34.7 Å². The average molecular weight is 607 g/mol. The van der Waals surface area contributed by atoms with E-state index >= 15 is 0 Å². The number of hydrogen-bond donors (Lipinski definition) is 2. The van der Waals surface area contributed by atoms with Gasteiger partial charge in [0.25, 0.3) is 0 Å². The molecule has 0 saturated heterocycles. The Balaban J connectivity index is 1.46. The number of carbonyl (C=O) groups excluding carboxylic acids is 2. The summed E-state index contributed by atoms with van der Waals surface area (Å²) in [5.41, 5.74) is 9.00. The molecule has 41 heavy (non-hydrogen) atoms. The standard InChI is InChI=1S/C29H27ClN6O3S2/c1-29(2)12-20-25(21(37)13-29)24(16-8-4-5-9-18(16)30)17(14-31)26(32)36(20)27-34-35-28(41-27)40-15-23(38)33-19-10-6-7-11-22(19)39-3/h4-11,24H,12-13,15,32H2,1-3H3,(H,33,38). The van der Waals surface area contributed by atoms with Gasteiger partial charge in [0.1, 0.15) is 11.6 Å². The Labute approximate surface area is 251 Å². The monoisotopic (exact) mass is 606 g/mol. The topological polar surface area (TPSA) is 134 Å². The van der Waals surface area contributed by atoms with Crippen LogP contribution in [-0.2, 0) is 9.59 Å². The number of benzene rings is 2. The molecule has 5 rings (SSSR count). The van der Waals surface area contributed by atoms with Gasteiger partial charge in [-0.1, -0.05) is 78.9 Å². The number of rotatable bonds is 7. The molecule has 3 aromatic rings. The number of nitrogens with zero attached hydrogens (tertiary/aromatic N) is 4. The molecule has 0 spiro atoms. The van der Waals surface area contributed by atoms with E-state index in [1.807, 2.05) is 38.1 Å². The zero-order valence-electron chi connectivity index (χ0n) is 22.6. The molecule has 0 bridgehead atoms. The maximum atomic E-state index is 13.7. The highest BCUT2D eigenvalue weighted by Crippen LogP contribution is 2.51. The van der Waals surface area contributed by atoms with Crippen molar-refractivity contribution >= 4 is 57.2 Å². The van der Waals surface area contributed by atoms with Gasteiger partial charge in [-0.25, -0.2) is 0 Å². The van der Waals surface area contributed by atoms with Crippen molar-refractivity contribution in [2.24, 2.45) is 11.1 Å². The molecule has 0 saturated carbocycles. The lowest BCUT2D eigenvalue weighted by Gasteiger charge is -2.42. The van der Waals surface area contributed by atoms with Crippen molar-refractivity contribution in [2.45, 2.75) is 36.9 Å². The highest BCUT2D eigenvalue weighted by molar-refractivity contribution is 8.01. The first kappa shape index (κ1) is 28.7. The molecule has 12 heteroatoms. The molecular formula is C29H27ClN6O3S2. The molecule has 0 fully saturated rings. The van der Waals surface area contributed by atoms with Gasteiger partial charge in [-0.05, 0) is 35.6 Å². The molecular weight excluding hydrogens is 580 g/mol. The molecule has 1 amide bonds. The zero-order valence-corrected chi connectivity index (χ0v) is 25.0. The number of methoxy groups -OCH3 is 1. The van der Waals surface area contributed by atoms with Crippen LogP contribution in [0.3, 0.4) is 0 Å². The van der Waals surface area contributed by atoms with Crippen LogP contribution in [0.25, 0.3) is 0 Å². The summed E-state index contributed by atoms with van der Waals surface area (Å²) in [6.45, 7) is 4.05. The Kier molecular flexibility index (Phi) is 8.09. The number of ether oxygens (including phenoxy) is 1. The van der Waals surface area contributed by atoms with Crippen molar-refractivity contribution < 1.29 is 14.3 Å². The van der Waals surface area contributed by atoms with E-state index in [1.165, 1.54) is 23.1 Å². The van der Waals surface area contributed by atoms with E-state index in [1.54, 1.807) is 36.3 Å². The number of anilines is 2. The summed E-state index contributed by atoms with van der Waals surface area (Å²) in [5.74, 6) is -0.123. The van der Waals surface area contributed by atoms with Gasteiger partial charge >= 0.3 is 0 Å². The first-order valence-corrected chi connectivity index (χ1v) is 14.9. The minimum atomic E-state index is -0.677. The van der Waals surface area contributed by atoms with Crippen LogP contribution in [-0.4, -0.2) is 34.8 Å².